The molecule has 1 rings (SSSR count). The van der Waals surface area contributed by atoms with E-state index in [1.807, 2.05) is 0 Å². The Labute approximate surface area is 83.8 Å². The van der Waals surface area contributed by atoms with Crippen LogP contribution in [-0.2, 0) is 19.0 Å². The first kappa shape index (κ1) is 11.2. The predicted octanol–water partition coefficient (Wildman–Crippen LogP) is 1.26. The molecule has 80 valence electrons. The van der Waals surface area contributed by atoms with Crippen molar-refractivity contribution in [2.45, 2.75) is 26.1 Å². The van der Waals surface area contributed by atoms with E-state index in [1.165, 1.54) is 6.08 Å². The zero-order valence-corrected chi connectivity index (χ0v) is 8.62. The molecule has 14 heavy (non-hydrogen) atoms. The Morgan fingerprint density at radius 3 is 3.00 bits per heavy atom. The number of rotatable bonds is 3. The van der Waals surface area contributed by atoms with Crippen LogP contribution in [0.2, 0.25) is 0 Å². The quantitative estimate of drug-likeness (QED) is 0.508. The van der Waals surface area contributed by atoms with E-state index in [9.17, 15) is 4.79 Å². The number of hydrogen-bond donors (Lipinski definition) is 0. The van der Waals surface area contributed by atoms with Crippen LogP contribution in [-0.4, -0.2) is 32.6 Å². The van der Waals surface area contributed by atoms with E-state index in [1.54, 1.807) is 14.0 Å². The second-order valence-corrected chi connectivity index (χ2v) is 3.07. The number of hydrogen-bond acceptors (Lipinski definition) is 4. The van der Waals surface area contributed by atoms with E-state index in [0.717, 1.165) is 18.4 Å². The largest absolute Gasteiger partial charge is 0.463 e. The normalized spacial score (nSPS) is 25.0. The third kappa shape index (κ3) is 3.47. The van der Waals surface area contributed by atoms with E-state index in [2.05, 4.69) is 0 Å². The van der Waals surface area contributed by atoms with Crippen LogP contribution >= 0.6 is 0 Å². The molecule has 1 saturated heterocycles. The molecule has 0 N–H and O–H groups in total. The summed E-state index contributed by atoms with van der Waals surface area (Å²) in [5.74, 6) is -0.290. The molecule has 0 aromatic carbocycles. The van der Waals surface area contributed by atoms with Crippen molar-refractivity contribution in [1.29, 1.82) is 0 Å². The van der Waals surface area contributed by atoms with Gasteiger partial charge in [-0.15, -0.1) is 0 Å². The first-order valence-corrected chi connectivity index (χ1v) is 4.77. The van der Waals surface area contributed by atoms with Gasteiger partial charge in [0, 0.05) is 19.6 Å². The summed E-state index contributed by atoms with van der Waals surface area (Å²) in [6, 6.07) is 0. The van der Waals surface area contributed by atoms with E-state index in [4.69, 9.17) is 14.2 Å². The summed E-state index contributed by atoms with van der Waals surface area (Å²) >= 11 is 0. The van der Waals surface area contributed by atoms with Gasteiger partial charge in [-0.3, -0.25) is 0 Å². The average Bonchev–Trinajstić information content (AvgIpc) is 2.19. The third-order valence-electron chi connectivity index (χ3n) is 2.03. The summed E-state index contributed by atoms with van der Waals surface area (Å²) < 4.78 is 15.1. The molecule has 1 heterocycles. The van der Waals surface area contributed by atoms with Crippen molar-refractivity contribution in [2.75, 3.05) is 20.3 Å². The standard InChI is InChI=1S/C10H16O4/c1-3-13-9(11)6-8-4-5-10(12-2)14-7-8/h6,10H,3-5,7H2,1-2H3/b8-6-. The Bertz CT molecular complexity index is 212. The zero-order chi connectivity index (χ0) is 10.4. The van der Waals surface area contributed by atoms with Crippen molar-refractivity contribution in [3.63, 3.8) is 0 Å². The zero-order valence-electron chi connectivity index (χ0n) is 8.62. The van der Waals surface area contributed by atoms with Gasteiger partial charge in [0.2, 0.25) is 0 Å². The van der Waals surface area contributed by atoms with Crippen molar-refractivity contribution in [1.82, 2.24) is 0 Å². The van der Waals surface area contributed by atoms with Gasteiger partial charge >= 0.3 is 5.97 Å². The van der Waals surface area contributed by atoms with E-state index in [0.29, 0.717) is 13.2 Å². The molecular weight excluding hydrogens is 184 g/mol. The molecule has 1 aliphatic heterocycles. The molecule has 0 aliphatic carbocycles. The molecule has 0 aromatic rings. The smallest absolute Gasteiger partial charge is 0.330 e. The highest BCUT2D eigenvalue weighted by Crippen LogP contribution is 2.18. The lowest BCUT2D eigenvalue weighted by Gasteiger charge is -2.22. The highest BCUT2D eigenvalue weighted by molar-refractivity contribution is 5.82. The van der Waals surface area contributed by atoms with Crippen LogP contribution < -0.4 is 0 Å². The minimum Gasteiger partial charge on any atom is -0.463 e. The topological polar surface area (TPSA) is 44.8 Å². The Hall–Kier alpha value is -0.870. The summed E-state index contributed by atoms with van der Waals surface area (Å²) in [5.41, 5.74) is 0.969. The second-order valence-electron chi connectivity index (χ2n) is 3.07. The monoisotopic (exact) mass is 200 g/mol. The SMILES string of the molecule is CCOC(=O)/C=C1/CCC(OC)OC1. The van der Waals surface area contributed by atoms with Crippen LogP contribution in [0, 0.1) is 0 Å². The summed E-state index contributed by atoms with van der Waals surface area (Å²) in [6.45, 7) is 2.65. The van der Waals surface area contributed by atoms with E-state index < -0.39 is 0 Å². The van der Waals surface area contributed by atoms with E-state index >= 15 is 0 Å². The Morgan fingerprint density at radius 2 is 2.50 bits per heavy atom. The molecule has 1 atom stereocenters. The second kappa shape index (κ2) is 5.78. The molecule has 0 bridgehead atoms. The van der Waals surface area contributed by atoms with Gasteiger partial charge in [0.25, 0.3) is 0 Å². The van der Waals surface area contributed by atoms with Gasteiger partial charge in [0.1, 0.15) is 0 Å². The van der Waals surface area contributed by atoms with Crippen LogP contribution in [0.5, 0.6) is 0 Å². The first-order valence-electron chi connectivity index (χ1n) is 4.77. The van der Waals surface area contributed by atoms with Crippen LogP contribution in [0.25, 0.3) is 0 Å². The van der Waals surface area contributed by atoms with Gasteiger partial charge in [-0.2, -0.15) is 0 Å². The molecule has 4 heteroatoms. The number of ether oxygens (including phenoxy) is 3. The van der Waals surface area contributed by atoms with Gasteiger partial charge in [-0.1, -0.05) is 0 Å². The molecule has 0 aromatic heterocycles. The molecular formula is C10H16O4. The average molecular weight is 200 g/mol. The number of carbonyl (C=O) groups excluding carboxylic acids is 1. The summed E-state index contributed by atoms with van der Waals surface area (Å²) in [5, 5.41) is 0. The van der Waals surface area contributed by atoms with Crippen molar-refractivity contribution < 1.29 is 19.0 Å². The maximum absolute atomic E-state index is 11.1. The molecule has 1 aliphatic rings. The lowest BCUT2D eigenvalue weighted by atomic mass is 10.1. The lowest BCUT2D eigenvalue weighted by molar-refractivity contribution is -0.139. The number of methoxy groups -OCH3 is 1. The van der Waals surface area contributed by atoms with Gasteiger partial charge in [0.15, 0.2) is 6.29 Å². The molecule has 1 unspecified atom stereocenters. The van der Waals surface area contributed by atoms with Crippen LogP contribution in [0.15, 0.2) is 11.6 Å². The lowest BCUT2D eigenvalue weighted by Crippen LogP contribution is -2.22. The van der Waals surface area contributed by atoms with Gasteiger partial charge in [-0.25, -0.2) is 4.79 Å². The summed E-state index contributed by atoms with van der Waals surface area (Å²) in [4.78, 5) is 11.1. The fourth-order valence-electron chi connectivity index (χ4n) is 1.31. The fraction of sp³-hybridized carbons (Fsp3) is 0.700. The van der Waals surface area contributed by atoms with Gasteiger partial charge in [-0.05, 0) is 18.9 Å². The Morgan fingerprint density at radius 1 is 1.71 bits per heavy atom. The van der Waals surface area contributed by atoms with Crippen molar-refractivity contribution in [2.24, 2.45) is 0 Å². The highest BCUT2D eigenvalue weighted by Gasteiger charge is 2.16. The molecule has 1 fully saturated rings. The van der Waals surface area contributed by atoms with Crippen molar-refractivity contribution in [3.05, 3.63) is 11.6 Å². The van der Waals surface area contributed by atoms with Crippen LogP contribution in [0.3, 0.4) is 0 Å². The molecule has 0 amide bonds. The Balaban J connectivity index is 2.36. The van der Waals surface area contributed by atoms with E-state index in [-0.39, 0.29) is 12.3 Å². The number of esters is 1. The molecule has 4 nitrogen and oxygen atoms in total. The fourth-order valence-corrected chi connectivity index (χ4v) is 1.31. The first-order chi connectivity index (χ1) is 6.76. The molecule has 0 saturated carbocycles. The minimum absolute atomic E-state index is 0.130. The summed E-state index contributed by atoms with van der Waals surface area (Å²) in [7, 11) is 1.62. The van der Waals surface area contributed by atoms with Crippen molar-refractivity contribution >= 4 is 5.97 Å². The van der Waals surface area contributed by atoms with Crippen LogP contribution in [0.4, 0.5) is 0 Å². The third-order valence-corrected chi connectivity index (χ3v) is 2.03. The maximum Gasteiger partial charge on any atom is 0.330 e. The molecule has 0 spiro atoms. The Kier molecular flexibility index (Phi) is 4.62. The predicted molar refractivity (Wildman–Crippen MR) is 50.7 cm³/mol. The van der Waals surface area contributed by atoms with Gasteiger partial charge in [0.05, 0.1) is 13.2 Å². The summed E-state index contributed by atoms with van der Waals surface area (Å²) in [6.07, 6.45) is 3.00. The highest BCUT2D eigenvalue weighted by atomic mass is 16.7. The molecule has 0 radical (unpaired) electrons. The number of carbonyl (C=O) groups is 1. The maximum atomic E-state index is 11.1. The van der Waals surface area contributed by atoms with Crippen molar-refractivity contribution in [3.8, 4) is 0 Å². The van der Waals surface area contributed by atoms with Gasteiger partial charge < -0.3 is 14.2 Å². The minimum atomic E-state index is -0.290. The van der Waals surface area contributed by atoms with Crippen LogP contribution in [0.1, 0.15) is 19.8 Å².